The Labute approximate surface area is 136 Å². The highest BCUT2D eigenvalue weighted by molar-refractivity contribution is 5.79. The van der Waals surface area contributed by atoms with E-state index in [1.807, 2.05) is 23.1 Å². The second-order valence-electron chi connectivity index (χ2n) is 6.76. The number of aliphatic carboxylic acids is 1. The fourth-order valence-electron chi connectivity index (χ4n) is 3.68. The van der Waals surface area contributed by atoms with Crippen molar-refractivity contribution in [3.05, 3.63) is 35.9 Å². The number of hydrogen-bond donors (Lipinski definition) is 2. The lowest BCUT2D eigenvalue weighted by Gasteiger charge is -2.43. The van der Waals surface area contributed by atoms with E-state index < -0.39 is 5.97 Å². The summed E-state index contributed by atoms with van der Waals surface area (Å²) in [7, 11) is 0. The van der Waals surface area contributed by atoms with Crippen molar-refractivity contribution in [1.82, 2.24) is 10.2 Å². The van der Waals surface area contributed by atoms with Gasteiger partial charge in [0, 0.05) is 6.54 Å². The molecule has 1 aliphatic carbocycles. The third-order valence-corrected chi connectivity index (χ3v) is 5.13. The zero-order valence-electron chi connectivity index (χ0n) is 13.3. The summed E-state index contributed by atoms with van der Waals surface area (Å²) in [6, 6.07) is 10.1. The van der Waals surface area contributed by atoms with E-state index in [4.69, 9.17) is 5.11 Å². The van der Waals surface area contributed by atoms with Gasteiger partial charge in [0.1, 0.15) is 0 Å². The summed E-state index contributed by atoms with van der Waals surface area (Å²) in [5.41, 5.74) is 0.946. The second kappa shape index (κ2) is 6.71. The van der Waals surface area contributed by atoms with Crippen LogP contribution in [0.2, 0.25) is 0 Å². The van der Waals surface area contributed by atoms with Crippen LogP contribution in [0, 0.1) is 5.92 Å². The van der Waals surface area contributed by atoms with Gasteiger partial charge in [0.2, 0.25) is 5.91 Å². The number of amides is 1. The highest BCUT2D eigenvalue weighted by Crippen LogP contribution is 2.41. The highest BCUT2D eigenvalue weighted by atomic mass is 16.4. The molecule has 1 amide bonds. The van der Waals surface area contributed by atoms with E-state index in [0.717, 1.165) is 32.2 Å². The normalized spacial score (nSPS) is 23.7. The van der Waals surface area contributed by atoms with Crippen molar-refractivity contribution in [2.24, 2.45) is 5.92 Å². The maximum absolute atomic E-state index is 12.5. The molecule has 1 aromatic rings. The molecule has 1 unspecified atom stereocenters. The number of carboxylic acids is 1. The molecular formula is C18H24N2O3. The Morgan fingerprint density at radius 2 is 1.96 bits per heavy atom. The Morgan fingerprint density at radius 3 is 2.57 bits per heavy atom. The van der Waals surface area contributed by atoms with Crippen molar-refractivity contribution in [1.29, 1.82) is 0 Å². The van der Waals surface area contributed by atoms with Crippen molar-refractivity contribution in [3.63, 3.8) is 0 Å². The second-order valence-corrected chi connectivity index (χ2v) is 6.76. The molecule has 3 rings (SSSR count). The number of nitrogens with zero attached hydrogens (tertiary/aromatic N) is 1. The Morgan fingerprint density at radius 1 is 1.22 bits per heavy atom. The van der Waals surface area contributed by atoms with Gasteiger partial charge in [-0.05, 0) is 44.2 Å². The summed E-state index contributed by atoms with van der Waals surface area (Å²) in [5, 5.41) is 12.4. The highest BCUT2D eigenvalue weighted by Gasteiger charge is 2.40. The summed E-state index contributed by atoms with van der Waals surface area (Å²) in [6.45, 7) is 1.56. The number of carboxylic acid groups (broad SMARTS) is 1. The average molecular weight is 316 g/mol. The maximum Gasteiger partial charge on any atom is 0.307 e. The van der Waals surface area contributed by atoms with Gasteiger partial charge in [-0.1, -0.05) is 30.3 Å². The molecule has 2 aliphatic rings. The average Bonchev–Trinajstić information content (AvgIpc) is 2.52. The summed E-state index contributed by atoms with van der Waals surface area (Å²) in [6.07, 6.45) is 4.62. The molecule has 1 saturated carbocycles. The molecule has 1 atom stereocenters. The van der Waals surface area contributed by atoms with Crippen LogP contribution in [-0.4, -0.2) is 41.5 Å². The van der Waals surface area contributed by atoms with Gasteiger partial charge in [-0.3, -0.25) is 14.5 Å². The Bertz CT molecular complexity index is 569. The number of benzene rings is 1. The molecule has 5 nitrogen and oxygen atoms in total. The first-order chi connectivity index (χ1) is 11.1. The SMILES string of the molecule is O=C(CN1CCCC(C(=O)O)C1)NC1(c2ccccc2)CCC1. The van der Waals surface area contributed by atoms with Crippen LogP contribution in [0.4, 0.5) is 0 Å². The van der Waals surface area contributed by atoms with Crippen LogP contribution in [0.15, 0.2) is 30.3 Å². The largest absolute Gasteiger partial charge is 0.481 e. The smallest absolute Gasteiger partial charge is 0.307 e. The number of nitrogens with one attached hydrogen (secondary N) is 1. The fraction of sp³-hybridized carbons (Fsp3) is 0.556. The van der Waals surface area contributed by atoms with Crippen molar-refractivity contribution in [2.45, 2.75) is 37.6 Å². The van der Waals surface area contributed by atoms with E-state index in [1.54, 1.807) is 0 Å². The molecule has 0 bridgehead atoms. The summed E-state index contributed by atoms with van der Waals surface area (Å²) in [4.78, 5) is 25.6. The Balaban J connectivity index is 1.59. The first-order valence-electron chi connectivity index (χ1n) is 8.41. The van der Waals surface area contributed by atoms with Crippen molar-refractivity contribution >= 4 is 11.9 Å². The molecule has 0 radical (unpaired) electrons. The Hall–Kier alpha value is -1.88. The minimum Gasteiger partial charge on any atom is -0.481 e. The molecule has 5 heteroatoms. The molecule has 0 aromatic heterocycles. The van der Waals surface area contributed by atoms with E-state index in [9.17, 15) is 9.59 Å². The van der Waals surface area contributed by atoms with Gasteiger partial charge in [0.25, 0.3) is 0 Å². The maximum atomic E-state index is 12.5. The van der Waals surface area contributed by atoms with Crippen molar-refractivity contribution in [3.8, 4) is 0 Å². The van der Waals surface area contributed by atoms with Gasteiger partial charge in [-0.25, -0.2) is 0 Å². The van der Waals surface area contributed by atoms with Gasteiger partial charge in [-0.2, -0.15) is 0 Å². The summed E-state index contributed by atoms with van der Waals surface area (Å²) < 4.78 is 0. The quantitative estimate of drug-likeness (QED) is 0.871. The van der Waals surface area contributed by atoms with Crippen LogP contribution in [0.25, 0.3) is 0 Å². The lowest BCUT2D eigenvalue weighted by atomic mass is 9.72. The minimum absolute atomic E-state index is 0.000378. The van der Waals surface area contributed by atoms with Gasteiger partial charge in [0.15, 0.2) is 0 Å². The summed E-state index contributed by atoms with van der Waals surface area (Å²) in [5.74, 6) is -1.10. The van der Waals surface area contributed by atoms with Crippen molar-refractivity contribution < 1.29 is 14.7 Å². The van der Waals surface area contributed by atoms with Crippen LogP contribution in [0.3, 0.4) is 0 Å². The summed E-state index contributed by atoms with van der Waals surface area (Å²) >= 11 is 0. The van der Waals surface area contributed by atoms with E-state index in [2.05, 4.69) is 17.4 Å². The Kier molecular flexibility index (Phi) is 4.66. The number of carbonyl (C=O) groups excluding carboxylic acids is 1. The van der Waals surface area contributed by atoms with E-state index >= 15 is 0 Å². The third kappa shape index (κ3) is 3.55. The standard InChI is InChI=1S/C18H24N2O3/c21-16(13-20-11-4-6-14(12-20)17(22)23)19-18(9-5-10-18)15-7-2-1-3-8-15/h1-3,7-8,14H,4-6,9-13H2,(H,19,21)(H,22,23). The molecular weight excluding hydrogens is 292 g/mol. The molecule has 124 valence electrons. The van der Waals surface area contributed by atoms with Gasteiger partial charge < -0.3 is 10.4 Å². The molecule has 1 aliphatic heterocycles. The lowest BCUT2D eigenvalue weighted by molar-refractivity contribution is -0.144. The molecule has 2 N–H and O–H groups in total. The number of rotatable bonds is 5. The van der Waals surface area contributed by atoms with Gasteiger partial charge >= 0.3 is 5.97 Å². The van der Waals surface area contributed by atoms with Crippen molar-refractivity contribution in [2.75, 3.05) is 19.6 Å². The van der Waals surface area contributed by atoms with E-state index in [-0.39, 0.29) is 17.4 Å². The predicted molar refractivity (Wildman–Crippen MR) is 86.9 cm³/mol. The van der Waals surface area contributed by atoms with Crippen LogP contribution >= 0.6 is 0 Å². The van der Waals surface area contributed by atoms with Gasteiger partial charge in [-0.15, -0.1) is 0 Å². The fourth-order valence-corrected chi connectivity index (χ4v) is 3.68. The first kappa shape index (κ1) is 16.0. The number of piperidine rings is 1. The number of hydrogen-bond acceptors (Lipinski definition) is 3. The van der Waals surface area contributed by atoms with Gasteiger partial charge in [0.05, 0.1) is 18.0 Å². The van der Waals surface area contributed by atoms with E-state index in [0.29, 0.717) is 19.5 Å². The van der Waals surface area contributed by atoms with Crippen LogP contribution < -0.4 is 5.32 Å². The zero-order valence-corrected chi connectivity index (χ0v) is 13.3. The molecule has 23 heavy (non-hydrogen) atoms. The molecule has 1 heterocycles. The van der Waals surface area contributed by atoms with E-state index in [1.165, 1.54) is 5.56 Å². The number of carbonyl (C=O) groups is 2. The lowest BCUT2D eigenvalue weighted by Crippen LogP contribution is -2.54. The third-order valence-electron chi connectivity index (χ3n) is 5.13. The first-order valence-corrected chi connectivity index (χ1v) is 8.41. The minimum atomic E-state index is -0.755. The predicted octanol–water partition coefficient (Wildman–Crippen LogP) is 1.98. The monoisotopic (exact) mass is 316 g/mol. The number of likely N-dealkylation sites (tertiary alicyclic amines) is 1. The molecule has 0 spiro atoms. The molecule has 1 saturated heterocycles. The zero-order chi connectivity index (χ0) is 16.3. The molecule has 2 fully saturated rings. The van der Waals surface area contributed by atoms with Crippen LogP contribution in [0.5, 0.6) is 0 Å². The molecule has 1 aromatic carbocycles. The topological polar surface area (TPSA) is 69.6 Å². The van der Waals surface area contributed by atoms with Crippen LogP contribution in [-0.2, 0) is 15.1 Å². The van der Waals surface area contributed by atoms with Crippen LogP contribution in [0.1, 0.15) is 37.7 Å².